The van der Waals surface area contributed by atoms with Crippen LogP contribution in [0.1, 0.15) is 110 Å². The van der Waals surface area contributed by atoms with Crippen molar-refractivity contribution in [2.45, 2.75) is 95.7 Å². The molecule has 3 aromatic carbocycles. The molecule has 10 nitrogen and oxygen atoms in total. The van der Waals surface area contributed by atoms with Crippen LogP contribution < -0.4 is 20.4 Å². The van der Waals surface area contributed by atoms with Crippen LogP contribution in [0, 0.1) is 17.1 Å². The van der Waals surface area contributed by atoms with Crippen LogP contribution in [0.3, 0.4) is 0 Å². The fourth-order valence-electron chi connectivity index (χ4n) is 7.43. The summed E-state index contributed by atoms with van der Waals surface area (Å²) in [6.45, 7) is 3.36. The highest BCUT2D eigenvalue weighted by molar-refractivity contribution is 7.81. The van der Waals surface area contributed by atoms with Crippen molar-refractivity contribution in [2.75, 3.05) is 16.3 Å². The molecule has 0 saturated carbocycles. The number of rotatable bonds is 14. The number of furan rings is 1. The topological polar surface area (TPSA) is 136 Å². The maximum absolute atomic E-state index is 15.4. The lowest BCUT2D eigenvalue weighted by molar-refractivity contribution is -0.138. The van der Waals surface area contributed by atoms with E-state index in [-0.39, 0.29) is 33.9 Å². The molecular formula is C42H41F4N5O5S. The molecule has 6 rings (SSSR count). The van der Waals surface area contributed by atoms with Gasteiger partial charge in [0.05, 0.1) is 40.6 Å². The van der Waals surface area contributed by atoms with Crippen LogP contribution in [0.25, 0.3) is 11.0 Å². The van der Waals surface area contributed by atoms with E-state index in [1.807, 2.05) is 12.1 Å². The zero-order valence-corrected chi connectivity index (χ0v) is 32.2. The molecule has 1 unspecified atom stereocenters. The fraction of sp³-hybridized carbons (Fsp3) is 0.381. The highest BCUT2D eigenvalue weighted by Crippen LogP contribution is 2.40. The van der Waals surface area contributed by atoms with Crippen molar-refractivity contribution in [3.05, 3.63) is 94.5 Å². The van der Waals surface area contributed by atoms with Crippen LogP contribution in [0.4, 0.5) is 28.9 Å². The Morgan fingerprint density at radius 2 is 1.68 bits per heavy atom. The van der Waals surface area contributed by atoms with Gasteiger partial charge in [0.1, 0.15) is 16.9 Å². The average molecular weight is 804 g/mol. The Morgan fingerprint density at radius 3 is 2.37 bits per heavy atom. The smallest absolute Gasteiger partial charge is 0.417 e. The number of carbonyl (C=O) groups excluding carboxylic acids is 4. The number of fused-ring (bicyclic) bond motifs is 1. The fourth-order valence-corrected chi connectivity index (χ4v) is 7.96. The number of hydrogen-bond acceptors (Lipinski definition) is 7. The number of hydrogen-bond donors (Lipinski definition) is 2. The minimum atomic E-state index is -4.85. The Morgan fingerprint density at radius 1 is 0.982 bits per heavy atom. The second-order valence-electron chi connectivity index (χ2n) is 14.8. The van der Waals surface area contributed by atoms with Crippen molar-refractivity contribution < 1.29 is 41.2 Å². The van der Waals surface area contributed by atoms with Crippen molar-refractivity contribution in [1.29, 1.82) is 5.26 Å². The minimum Gasteiger partial charge on any atom is -0.464 e. The maximum Gasteiger partial charge on any atom is 0.417 e. The lowest BCUT2D eigenvalue weighted by Crippen LogP contribution is -2.44. The van der Waals surface area contributed by atoms with Gasteiger partial charge in [0, 0.05) is 29.6 Å². The first-order valence-corrected chi connectivity index (χ1v) is 19.2. The van der Waals surface area contributed by atoms with Gasteiger partial charge in [-0.3, -0.25) is 29.4 Å². The quantitative estimate of drug-likeness (QED) is 0.0560. The second-order valence-corrected chi connectivity index (χ2v) is 15.2. The molecular weight excluding hydrogens is 763 g/mol. The highest BCUT2D eigenvalue weighted by atomic mass is 32.1. The lowest BCUT2D eigenvalue weighted by Gasteiger charge is -2.29. The summed E-state index contributed by atoms with van der Waals surface area (Å²) >= 11 is 5.52. The first-order chi connectivity index (χ1) is 27.1. The van der Waals surface area contributed by atoms with Crippen molar-refractivity contribution in [3.8, 4) is 6.07 Å². The van der Waals surface area contributed by atoms with Crippen molar-refractivity contribution in [2.24, 2.45) is 0 Å². The molecule has 1 aromatic heterocycles. The van der Waals surface area contributed by atoms with Gasteiger partial charge in [0.15, 0.2) is 5.11 Å². The van der Waals surface area contributed by atoms with Crippen LogP contribution in [0.2, 0.25) is 0 Å². The van der Waals surface area contributed by atoms with E-state index in [2.05, 4.69) is 16.7 Å². The number of aryl methyl sites for hydroxylation is 1. The standard InChI is InChI=1S/C42H41F4N5O5S/c1-41(2)39(55)50(27-13-12-26(23-47)33(21-27)42(44,45)46)40(57)51(41)28-14-15-30(34(43)22-28)37(53)48-19-9-7-5-3-4-6-8-10-25-11-17-35-31(20-25)32(24-56-35)29-16-18-36(52)49-38(29)54/h11-15,17,20-22,24,29H,3-10,16,18-19H2,1-2H3,(H,48,53)(H,49,52,54). The number of nitrogens with one attached hydrogen (secondary N) is 2. The average Bonchev–Trinajstić information content (AvgIpc) is 3.65. The molecule has 4 aromatic rings. The molecule has 4 amide bonds. The number of unbranched alkanes of at least 4 members (excludes halogenated alkanes) is 6. The van der Waals surface area contributed by atoms with Crippen LogP contribution in [-0.2, 0) is 27.0 Å². The number of nitrogens with zero attached hydrogens (tertiary/aromatic N) is 3. The Balaban J connectivity index is 0.933. The van der Waals surface area contributed by atoms with E-state index in [1.165, 1.54) is 43.0 Å². The SMILES string of the molecule is CC1(C)C(=O)N(c2ccc(C#N)c(C(F)(F)F)c2)C(=S)N1c1ccc(C(=O)NCCCCCCCCCc2ccc3occ(C4CCC(=O)NC4=O)c3c2)c(F)c1. The molecule has 1 atom stereocenters. The van der Waals surface area contributed by atoms with Crippen LogP contribution in [-0.4, -0.2) is 40.8 Å². The summed E-state index contributed by atoms with van der Waals surface area (Å²) in [6, 6.07) is 14.2. The molecule has 0 spiro atoms. The number of benzene rings is 3. The number of imide groups is 1. The number of alkyl halides is 3. The lowest BCUT2D eigenvalue weighted by atomic mass is 9.89. The molecule has 57 heavy (non-hydrogen) atoms. The summed E-state index contributed by atoms with van der Waals surface area (Å²) in [5, 5.41) is 15.0. The van der Waals surface area contributed by atoms with E-state index < -0.39 is 46.4 Å². The number of nitriles is 1. The van der Waals surface area contributed by atoms with E-state index in [0.29, 0.717) is 31.9 Å². The van der Waals surface area contributed by atoms with Crippen LogP contribution in [0.5, 0.6) is 0 Å². The van der Waals surface area contributed by atoms with E-state index >= 15 is 4.39 Å². The third-order valence-corrected chi connectivity index (χ3v) is 10.9. The first kappa shape index (κ1) is 41.0. The molecule has 15 heteroatoms. The number of halogens is 4. The van der Waals surface area contributed by atoms with Gasteiger partial charge in [-0.2, -0.15) is 18.4 Å². The van der Waals surface area contributed by atoms with Gasteiger partial charge in [-0.25, -0.2) is 4.39 Å². The monoisotopic (exact) mass is 803 g/mol. The summed E-state index contributed by atoms with van der Waals surface area (Å²) < 4.78 is 62.0. The zero-order valence-electron chi connectivity index (χ0n) is 31.4. The van der Waals surface area contributed by atoms with Gasteiger partial charge in [0.2, 0.25) is 11.8 Å². The summed E-state index contributed by atoms with van der Waals surface area (Å²) in [7, 11) is 0. The number of piperidine rings is 1. The van der Waals surface area contributed by atoms with E-state index in [0.717, 1.165) is 84.1 Å². The third-order valence-electron chi connectivity index (χ3n) is 10.5. The zero-order chi connectivity index (χ0) is 41.1. The largest absolute Gasteiger partial charge is 0.464 e. The molecule has 0 bridgehead atoms. The van der Waals surface area contributed by atoms with E-state index in [1.54, 1.807) is 6.26 Å². The summed E-state index contributed by atoms with van der Waals surface area (Å²) in [4.78, 5) is 52.5. The summed E-state index contributed by atoms with van der Waals surface area (Å²) in [5.74, 6) is -3.04. The number of anilines is 2. The summed E-state index contributed by atoms with van der Waals surface area (Å²) in [6.07, 6.45) is 5.17. The predicted molar refractivity (Wildman–Crippen MR) is 209 cm³/mol. The van der Waals surface area contributed by atoms with Gasteiger partial charge in [-0.15, -0.1) is 0 Å². The molecule has 0 radical (unpaired) electrons. The Bertz CT molecular complexity index is 2280. The molecule has 2 aliphatic rings. The molecule has 2 N–H and O–H groups in total. The Kier molecular flexibility index (Phi) is 12.1. The highest BCUT2D eigenvalue weighted by Gasteiger charge is 2.51. The van der Waals surface area contributed by atoms with Crippen molar-refractivity contribution >= 4 is 63.3 Å². The van der Waals surface area contributed by atoms with Gasteiger partial charge in [-0.05, 0) is 106 Å². The molecule has 298 valence electrons. The predicted octanol–water partition coefficient (Wildman–Crippen LogP) is 8.60. The van der Waals surface area contributed by atoms with Crippen LogP contribution >= 0.6 is 12.2 Å². The van der Waals surface area contributed by atoms with Crippen molar-refractivity contribution in [3.63, 3.8) is 0 Å². The van der Waals surface area contributed by atoms with Crippen molar-refractivity contribution in [1.82, 2.24) is 10.6 Å². The molecule has 2 fully saturated rings. The minimum absolute atomic E-state index is 0.137. The number of amides is 4. The second kappa shape index (κ2) is 16.9. The van der Waals surface area contributed by atoms with Crippen LogP contribution in [0.15, 0.2) is 65.3 Å². The number of thiocarbonyl (C=S) groups is 1. The molecule has 3 heterocycles. The Hall–Kier alpha value is -5.62. The normalized spacial score (nSPS) is 17.0. The third kappa shape index (κ3) is 8.71. The maximum atomic E-state index is 15.4. The summed E-state index contributed by atoms with van der Waals surface area (Å²) in [5.41, 5.74) is -0.795. The van der Waals surface area contributed by atoms with Gasteiger partial charge in [0.25, 0.3) is 11.8 Å². The van der Waals surface area contributed by atoms with Gasteiger partial charge >= 0.3 is 6.18 Å². The van der Waals surface area contributed by atoms with Gasteiger partial charge < -0.3 is 14.6 Å². The number of carbonyl (C=O) groups is 4. The first-order valence-electron chi connectivity index (χ1n) is 18.8. The Labute approximate surface area is 332 Å². The molecule has 2 saturated heterocycles. The van der Waals surface area contributed by atoms with Gasteiger partial charge in [-0.1, -0.05) is 38.2 Å². The molecule has 2 aliphatic heterocycles. The van der Waals surface area contributed by atoms with E-state index in [4.69, 9.17) is 21.9 Å². The molecule has 0 aliphatic carbocycles. The van der Waals surface area contributed by atoms with E-state index in [9.17, 15) is 32.3 Å².